The Labute approximate surface area is 113 Å². The zero-order chi connectivity index (χ0) is 14.1. The average Bonchev–Trinajstić information content (AvgIpc) is 2.80. The number of hydrogen-bond acceptors (Lipinski definition) is 5. The van der Waals surface area contributed by atoms with Gasteiger partial charge in [0.25, 0.3) is 0 Å². The highest BCUT2D eigenvalue weighted by molar-refractivity contribution is 5.81. The average molecular weight is 266 g/mol. The first-order valence-electron chi connectivity index (χ1n) is 5.85. The van der Waals surface area contributed by atoms with Crippen molar-refractivity contribution < 1.29 is 4.42 Å². The molecule has 2 aromatic carbocycles. The van der Waals surface area contributed by atoms with Crippen LogP contribution in [-0.2, 0) is 0 Å². The van der Waals surface area contributed by atoms with Crippen LogP contribution in [0.2, 0.25) is 0 Å². The standard InChI is InChI=1S/C14H10N4O2/c15-7-8-1-3-10(16)11(5-8)17-9-2-4-13-12(6-9)18-14(19)20-13/h1-6,17H,16H2,(H,18,19). The van der Waals surface area contributed by atoms with E-state index >= 15 is 0 Å². The van der Waals surface area contributed by atoms with Crippen molar-refractivity contribution in [2.75, 3.05) is 11.1 Å². The van der Waals surface area contributed by atoms with Crippen LogP contribution in [0.1, 0.15) is 5.56 Å². The lowest BCUT2D eigenvalue weighted by Crippen LogP contribution is -1.97. The summed E-state index contributed by atoms with van der Waals surface area (Å²) < 4.78 is 4.93. The number of nitrogens with zero attached hydrogens (tertiary/aromatic N) is 1. The fourth-order valence-electron chi connectivity index (χ4n) is 1.92. The van der Waals surface area contributed by atoms with Crippen molar-refractivity contribution in [3.05, 3.63) is 52.5 Å². The molecule has 0 fully saturated rings. The highest BCUT2D eigenvalue weighted by Gasteiger charge is 2.05. The Morgan fingerprint density at radius 2 is 2.10 bits per heavy atom. The van der Waals surface area contributed by atoms with Gasteiger partial charge in [0.05, 0.1) is 28.5 Å². The molecule has 0 amide bonds. The van der Waals surface area contributed by atoms with Gasteiger partial charge in [-0.05, 0) is 36.4 Å². The maximum absolute atomic E-state index is 11.1. The molecular formula is C14H10N4O2. The van der Waals surface area contributed by atoms with E-state index in [-0.39, 0.29) is 0 Å². The van der Waals surface area contributed by atoms with E-state index in [1.54, 1.807) is 36.4 Å². The molecule has 0 unspecified atom stereocenters. The van der Waals surface area contributed by atoms with E-state index in [0.29, 0.717) is 28.0 Å². The summed E-state index contributed by atoms with van der Waals surface area (Å²) in [7, 11) is 0. The second-order valence-corrected chi connectivity index (χ2v) is 4.26. The van der Waals surface area contributed by atoms with E-state index in [9.17, 15) is 4.79 Å². The number of H-pyrrole nitrogens is 1. The number of nitriles is 1. The number of aromatic amines is 1. The van der Waals surface area contributed by atoms with Crippen LogP contribution in [0.25, 0.3) is 11.1 Å². The molecule has 0 saturated carbocycles. The third-order valence-corrected chi connectivity index (χ3v) is 2.88. The number of benzene rings is 2. The number of nitrogens with two attached hydrogens (primary N) is 1. The van der Waals surface area contributed by atoms with Crippen molar-refractivity contribution in [2.24, 2.45) is 0 Å². The minimum Gasteiger partial charge on any atom is -0.408 e. The lowest BCUT2D eigenvalue weighted by atomic mass is 10.2. The van der Waals surface area contributed by atoms with Crippen LogP contribution in [0, 0.1) is 11.3 Å². The van der Waals surface area contributed by atoms with Gasteiger partial charge in [-0.15, -0.1) is 0 Å². The summed E-state index contributed by atoms with van der Waals surface area (Å²) >= 11 is 0. The zero-order valence-electron chi connectivity index (χ0n) is 10.3. The molecule has 6 heteroatoms. The second-order valence-electron chi connectivity index (χ2n) is 4.26. The first-order valence-corrected chi connectivity index (χ1v) is 5.85. The molecule has 0 radical (unpaired) electrons. The van der Waals surface area contributed by atoms with E-state index in [4.69, 9.17) is 15.4 Å². The number of hydrogen-bond donors (Lipinski definition) is 3. The number of aromatic nitrogens is 1. The van der Waals surface area contributed by atoms with Crippen molar-refractivity contribution >= 4 is 28.2 Å². The largest absolute Gasteiger partial charge is 0.417 e. The van der Waals surface area contributed by atoms with Crippen LogP contribution in [0.15, 0.2) is 45.6 Å². The number of oxazole rings is 1. The molecule has 4 N–H and O–H groups in total. The highest BCUT2D eigenvalue weighted by atomic mass is 16.4. The predicted octanol–water partition coefficient (Wildman–Crippen LogP) is 2.32. The summed E-state index contributed by atoms with van der Waals surface area (Å²) in [6.07, 6.45) is 0. The molecule has 1 aromatic heterocycles. The summed E-state index contributed by atoms with van der Waals surface area (Å²) in [6, 6.07) is 12.2. The summed E-state index contributed by atoms with van der Waals surface area (Å²) in [4.78, 5) is 13.7. The normalized spacial score (nSPS) is 10.3. The van der Waals surface area contributed by atoms with Gasteiger partial charge in [-0.2, -0.15) is 5.26 Å². The van der Waals surface area contributed by atoms with Crippen molar-refractivity contribution in [2.45, 2.75) is 0 Å². The smallest absolute Gasteiger partial charge is 0.408 e. The molecule has 1 heterocycles. The molecule has 0 saturated heterocycles. The first-order chi connectivity index (χ1) is 9.65. The lowest BCUT2D eigenvalue weighted by molar-refractivity contribution is 0.555. The van der Waals surface area contributed by atoms with Crippen LogP contribution in [0.4, 0.5) is 17.1 Å². The number of fused-ring (bicyclic) bond motifs is 1. The molecule has 0 aliphatic heterocycles. The van der Waals surface area contributed by atoms with Gasteiger partial charge in [0.15, 0.2) is 5.58 Å². The van der Waals surface area contributed by atoms with E-state index in [1.165, 1.54) is 0 Å². The van der Waals surface area contributed by atoms with Gasteiger partial charge in [-0.25, -0.2) is 4.79 Å². The molecule has 6 nitrogen and oxygen atoms in total. The summed E-state index contributed by atoms with van der Waals surface area (Å²) in [5.41, 5.74) is 9.35. The molecule has 0 atom stereocenters. The van der Waals surface area contributed by atoms with E-state index in [1.807, 2.05) is 0 Å². The Hall–Kier alpha value is -3.20. The van der Waals surface area contributed by atoms with Gasteiger partial charge in [0.2, 0.25) is 0 Å². The summed E-state index contributed by atoms with van der Waals surface area (Å²) in [6.45, 7) is 0. The monoisotopic (exact) mass is 266 g/mol. The minimum atomic E-state index is -0.497. The third-order valence-electron chi connectivity index (χ3n) is 2.88. The quantitative estimate of drug-likeness (QED) is 0.617. The molecule has 0 aliphatic carbocycles. The highest BCUT2D eigenvalue weighted by Crippen LogP contribution is 2.25. The Balaban J connectivity index is 2.00. The van der Waals surface area contributed by atoms with Crippen LogP contribution in [-0.4, -0.2) is 4.98 Å². The van der Waals surface area contributed by atoms with E-state index in [0.717, 1.165) is 5.69 Å². The number of rotatable bonds is 2. The van der Waals surface area contributed by atoms with E-state index in [2.05, 4.69) is 16.4 Å². The maximum Gasteiger partial charge on any atom is 0.417 e. The third kappa shape index (κ3) is 2.08. The van der Waals surface area contributed by atoms with Crippen molar-refractivity contribution in [1.29, 1.82) is 5.26 Å². The second kappa shape index (κ2) is 4.48. The Bertz CT molecular complexity index is 886. The maximum atomic E-state index is 11.1. The molecule has 98 valence electrons. The molecule has 3 rings (SSSR count). The van der Waals surface area contributed by atoms with Crippen LogP contribution >= 0.6 is 0 Å². The fourth-order valence-corrected chi connectivity index (χ4v) is 1.92. The molecule has 0 spiro atoms. The number of anilines is 3. The molecule has 20 heavy (non-hydrogen) atoms. The zero-order valence-corrected chi connectivity index (χ0v) is 10.3. The Kier molecular flexibility index (Phi) is 2.66. The lowest BCUT2D eigenvalue weighted by Gasteiger charge is -2.09. The topological polar surface area (TPSA) is 108 Å². The van der Waals surface area contributed by atoms with Gasteiger partial charge in [0.1, 0.15) is 0 Å². The van der Waals surface area contributed by atoms with Gasteiger partial charge in [0, 0.05) is 5.69 Å². The number of nitrogen functional groups attached to an aromatic ring is 1. The summed E-state index contributed by atoms with van der Waals surface area (Å²) in [5.74, 6) is -0.497. The predicted molar refractivity (Wildman–Crippen MR) is 75.7 cm³/mol. The van der Waals surface area contributed by atoms with Crippen LogP contribution in [0.5, 0.6) is 0 Å². The van der Waals surface area contributed by atoms with Crippen LogP contribution < -0.4 is 16.8 Å². The van der Waals surface area contributed by atoms with Crippen LogP contribution in [0.3, 0.4) is 0 Å². The molecular weight excluding hydrogens is 256 g/mol. The van der Waals surface area contributed by atoms with Crippen molar-refractivity contribution in [3.8, 4) is 6.07 Å². The Morgan fingerprint density at radius 1 is 1.25 bits per heavy atom. The SMILES string of the molecule is N#Cc1ccc(N)c(Nc2ccc3oc(=O)[nH]c3c2)c1. The molecule has 0 aliphatic rings. The van der Waals surface area contributed by atoms with Crippen molar-refractivity contribution in [3.63, 3.8) is 0 Å². The minimum absolute atomic E-state index is 0.485. The number of nitrogens with one attached hydrogen (secondary N) is 2. The fraction of sp³-hybridized carbons (Fsp3) is 0. The van der Waals surface area contributed by atoms with Crippen molar-refractivity contribution in [1.82, 2.24) is 4.98 Å². The van der Waals surface area contributed by atoms with Gasteiger partial charge in [-0.3, -0.25) is 4.98 Å². The van der Waals surface area contributed by atoms with E-state index < -0.39 is 5.76 Å². The first kappa shape index (κ1) is 11.9. The molecule has 3 aromatic rings. The van der Waals surface area contributed by atoms with Gasteiger partial charge < -0.3 is 15.5 Å². The van der Waals surface area contributed by atoms with Gasteiger partial charge in [-0.1, -0.05) is 0 Å². The Morgan fingerprint density at radius 3 is 2.90 bits per heavy atom. The summed E-state index contributed by atoms with van der Waals surface area (Å²) in [5, 5.41) is 12.0. The van der Waals surface area contributed by atoms with Gasteiger partial charge >= 0.3 is 5.76 Å². The molecule has 0 bridgehead atoms.